The number of aryl methyl sites for hydroxylation is 1. The van der Waals surface area contributed by atoms with Crippen LogP contribution in [0.3, 0.4) is 0 Å². The third kappa shape index (κ3) is 2.91. The summed E-state index contributed by atoms with van der Waals surface area (Å²) in [5, 5.41) is 1.90. The third-order valence-corrected chi connectivity index (χ3v) is 5.42. The third-order valence-electron chi connectivity index (χ3n) is 4.56. The molecule has 0 bridgehead atoms. The lowest BCUT2D eigenvalue weighted by Gasteiger charge is -2.34. The van der Waals surface area contributed by atoms with E-state index >= 15 is 0 Å². The van der Waals surface area contributed by atoms with Gasteiger partial charge in [-0.25, -0.2) is 4.98 Å². The first-order chi connectivity index (χ1) is 12.1. The second kappa shape index (κ2) is 6.33. The van der Waals surface area contributed by atoms with E-state index in [1.807, 2.05) is 57.1 Å². The number of imidazole rings is 1. The molecule has 3 aromatic rings. The number of rotatable bonds is 2. The number of hydrogen-bond acceptors (Lipinski definition) is 4. The Morgan fingerprint density at radius 3 is 2.44 bits per heavy atom. The molecule has 6 nitrogen and oxygen atoms in total. The Balaban J connectivity index is 1.44. The van der Waals surface area contributed by atoms with Crippen molar-refractivity contribution in [1.29, 1.82) is 0 Å². The van der Waals surface area contributed by atoms with Crippen molar-refractivity contribution in [2.45, 2.75) is 0 Å². The molecule has 1 aromatic carbocycles. The molecule has 2 aromatic heterocycles. The summed E-state index contributed by atoms with van der Waals surface area (Å²) in [6.45, 7) is 2.23. The molecular formula is C18H18N4O2S. The van der Waals surface area contributed by atoms with Crippen LogP contribution >= 0.6 is 11.3 Å². The van der Waals surface area contributed by atoms with Gasteiger partial charge in [0.05, 0.1) is 22.2 Å². The molecular weight excluding hydrogens is 336 g/mol. The van der Waals surface area contributed by atoms with E-state index in [0.717, 1.165) is 15.9 Å². The molecule has 1 fully saturated rings. The van der Waals surface area contributed by atoms with E-state index in [1.165, 1.54) is 11.3 Å². The molecule has 1 aliphatic heterocycles. The van der Waals surface area contributed by atoms with Crippen molar-refractivity contribution in [2.24, 2.45) is 7.05 Å². The summed E-state index contributed by atoms with van der Waals surface area (Å²) in [5.74, 6) is 0.0489. The van der Waals surface area contributed by atoms with Gasteiger partial charge in [0.15, 0.2) is 0 Å². The average molecular weight is 354 g/mol. The number of carbonyl (C=O) groups is 2. The van der Waals surface area contributed by atoms with Crippen LogP contribution in [0.2, 0.25) is 0 Å². The van der Waals surface area contributed by atoms with Crippen molar-refractivity contribution < 1.29 is 9.59 Å². The van der Waals surface area contributed by atoms with Crippen LogP contribution in [0.5, 0.6) is 0 Å². The van der Waals surface area contributed by atoms with Crippen LogP contribution in [0.15, 0.2) is 42.0 Å². The Hall–Kier alpha value is -2.67. The molecule has 1 saturated heterocycles. The monoisotopic (exact) mass is 354 g/mol. The molecule has 0 atom stereocenters. The van der Waals surface area contributed by atoms with Crippen molar-refractivity contribution in [3.63, 3.8) is 0 Å². The number of aromatic nitrogens is 2. The van der Waals surface area contributed by atoms with E-state index in [1.54, 1.807) is 6.33 Å². The van der Waals surface area contributed by atoms with Crippen molar-refractivity contribution in [3.05, 3.63) is 52.5 Å². The topological polar surface area (TPSA) is 58.4 Å². The minimum atomic E-state index is -0.00391. The summed E-state index contributed by atoms with van der Waals surface area (Å²) >= 11 is 1.45. The number of thiophene rings is 1. The summed E-state index contributed by atoms with van der Waals surface area (Å²) in [6, 6.07) is 9.32. The van der Waals surface area contributed by atoms with E-state index in [0.29, 0.717) is 31.7 Å². The van der Waals surface area contributed by atoms with E-state index in [9.17, 15) is 9.59 Å². The molecule has 0 saturated carbocycles. The highest BCUT2D eigenvalue weighted by molar-refractivity contribution is 7.12. The number of amides is 2. The predicted molar refractivity (Wildman–Crippen MR) is 96.8 cm³/mol. The molecule has 0 N–H and O–H groups in total. The van der Waals surface area contributed by atoms with Gasteiger partial charge in [-0.1, -0.05) is 6.07 Å². The van der Waals surface area contributed by atoms with E-state index in [-0.39, 0.29) is 11.8 Å². The molecule has 3 heterocycles. The van der Waals surface area contributed by atoms with Crippen LogP contribution in [-0.2, 0) is 7.05 Å². The first-order valence-corrected chi connectivity index (χ1v) is 9.04. The van der Waals surface area contributed by atoms with Gasteiger partial charge < -0.3 is 14.4 Å². The van der Waals surface area contributed by atoms with Gasteiger partial charge in [-0.15, -0.1) is 11.3 Å². The summed E-state index contributed by atoms with van der Waals surface area (Å²) < 4.78 is 1.93. The van der Waals surface area contributed by atoms with Crippen LogP contribution in [0, 0.1) is 0 Å². The van der Waals surface area contributed by atoms with Crippen molar-refractivity contribution in [2.75, 3.05) is 26.2 Å². The Morgan fingerprint density at radius 1 is 1.04 bits per heavy atom. The van der Waals surface area contributed by atoms with Crippen LogP contribution in [0.25, 0.3) is 11.0 Å². The van der Waals surface area contributed by atoms with Crippen molar-refractivity contribution in [1.82, 2.24) is 19.4 Å². The zero-order valence-corrected chi connectivity index (χ0v) is 14.7. The van der Waals surface area contributed by atoms with Gasteiger partial charge >= 0.3 is 0 Å². The van der Waals surface area contributed by atoms with Crippen molar-refractivity contribution >= 4 is 34.2 Å². The normalized spacial score (nSPS) is 14.9. The van der Waals surface area contributed by atoms with Crippen LogP contribution in [0.1, 0.15) is 20.0 Å². The zero-order valence-electron chi connectivity index (χ0n) is 13.9. The Morgan fingerprint density at radius 2 is 1.76 bits per heavy atom. The van der Waals surface area contributed by atoms with Crippen LogP contribution in [-0.4, -0.2) is 57.3 Å². The minimum absolute atomic E-state index is 0.00391. The summed E-state index contributed by atoms with van der Waals surface area (Å²) in [4.78, 5) is 33.8. The fraction of sp³-hybridized carbons (Fsp3) is 0.278. The molecule has 0 spiro atoms. The lowest BCUT2D eigenvalue weighted by molar-refractivity contribution is 0.0538. The number of benzene rings is 1. The quantitative estimate of drug-likeness (QED) is 0.709. The van der Waals surface area contributed by atoms with Gasteiger partial charge in [0.2, 0.25) is 0 Å². The minimum Gasteiger partial charge on any atom is -0.335 e. The summed E-state index contributed by atoms with van der Waals surface area (Å²) in [6.07, 6.45) is 1.74. The molecule has 1 aliphatic rings. The SMILES string of the molecule is Cn1cnc2cc(C(=O)N3CCN(C(=O)c4cccs4)CC3)ccc21. The second-order valence-corrected chi connectivity index (χ2v) is 7.07. The number of piperazine rings is 1. The lowest BCUT2D eigenvalue weighted by Crippen LogP contribution is -2.50. The number of nitrogens with zero attached hydrogens (tertiary/aromatic N) is 4. The van der Waals surface area contributed by atoms with Gasteiger partial charge in [0, 0.05) is 38.8 Å². The molecule has 128 valence electrons. The summed E-state index contributed by atoms with van der Waals surface area (Å²) in [7, 11) is 1.93. The largest absolute Gasteiger partial charge is 0.335 e. The van der Waals surface area contributed by atoms with Gasteiger partial charge in [-0.3, -0.25) is 9.59 Å². The van der Waals surface area contributed by atoms with E-state index in [4.69, 9.17) is 0 Å². The molecule has 0 unspecified atom stereocenters. The maximum atomic E-state index is 12.7. The fourth-order valence-corrected chi connectivity index (χ4v) is 3.81. The van der Waals surface area contributed by atoms with Crippen molar-refractivity contribution in [3.8, 4) is 0 Å². The molecule has 2 amide bonds. The maximum Gasteiger partial charge on any atom is 0.264 e. The standard InChI is InChI=1S/C18H18N4O2S/c1-20-12-19-14-11-13(4-5-15(14)20)17(23)21-6-8-22(9-7-21)18(24)16-3-2-10-25-16/h2-5,10-12H,6-9H2,1H3. The fourth-order valence-electron chi connectivity index (χ4n) is 3.12. The average Bonchev–Trinajstić information content (AvgIpc) is 3.31. The molecule has 0 aliphatic carbocycles. The van der Waals surface area contributed by atoms with Gasteiger partial charge in [0.25, 0.3) is 11.8 Å². The summed E-state index contributed by atoms with van der Waals surface area (Å²) in [5.41, 5.74) is 2.46. The zero-order chi connectivity index (χ0) is 17.4. The van der Waals surface area contributed by atoms with Gasteiger partial charge in [-0.05, 0) is 29.6 Å². The smallest absolute Gasteiger partial charge is 0.264 e. The molecule has 25 heavy (non-hydrogen) atoms. The maximum absolute atomic E-state index is 12.7. The number of carbonyl (C=O) groups excluding carboxylic acids is 2. The van der Waals surface area contributed by atoms with Crippen LogP contribution < -0.4 is 0 Å². The highest BCUT2D eigenvalue weighted by Gasteiger charge is 2.26. The highest BCUT2D eigenvalue weighted by atomic mass is 32.1. The first kappa shape index (κ1) is 15.8. The second-order valence-electron chi connectivity index (χ2n) is 6.12. The Labute approximate surface area is 149 Å². The number of hydrogen-bond donors (Lipinski definition) is 0. The predicted octanol–water partition coefficient (Wildman–Crippen LogP) is 2.23. The van der Waals surface area contributed by atoms with Crippen LogP contribution in [0.4, 0.5) is 0 Å². The Bertz CT molecular complexity index is 924. The highest BCUT2D eigenvalue weighted by Crippen LogP contribution is 2.18. The molecule has 4 rings (SSSR count). The van der Waals surface area contributed by atoms with E-state index < -0.39 is 0 Å². The lowest BCUT2D eigenvalue weighted by atomic mass is 10.1. The molecule has 7 heteroatoms. The molecule has 0 radical (unpaired) electrons. The van der Waals surface area contributed by atoms with Gasteiger partial charge in [0.1, 0.15) is 0 Å². The van der Waals surface area contributed by atoms with Gasteiger partial charge in [-0.2, -0.15) is 0 Å². The first-order valence-electron chi connectivity index (χ1n) is 8.16. The Kier molecular flexibility index (Phi) is 4.01. The van der Waals surface area contributed by atoms with E-state index in [2.05, 4.69) is 4.98 Å². The number of fused-ring (bicyclic) bond motifs is 1.